The fraction of sp³-hybridized carbons (Fsp3) is 1.00. The van der Waals surface area contributed by atoms with E-state index in [2.05, 4.69) is 4.84 Å². The Balaban J connectivity index is 2.24. The predicted octanol–water partition coefficient (Wildman–Crippen LogP) is 0.263. The molecule has 60 valence electrons. The van der Waals surface area contributed by atoms with Crippen molar-refractivity contribution in [2.75, 3.05) is 7.11 Å². The van der Waals surface area contributed by atoms with Gasteiger partial charge in [0.1, 0.15) is 6.04 Å². The van der Waals surface area contributed by atoms with Crippen LogP contribution < -0.4 is 5.23 Å². The van der Waals surface area contributed by atoms with E-state index in [9.17, 15) is 5.21 Å². The summed E-state index contributed by atoms with van der Waals surface area (Å²) in [5.41, 5.74) is 0. The van der Waals surface area contributed by atoms with Gasteiger partial charge in [-0.25, -0.2) is 10.1 Å². The van der Waals surface area contributed by atoms with Crippen LogP contribution in [0.2, 0.25) is 0 Å². The van der Waals surface area contributed by atoms with Gasteiger partial charge >= 0.3 is 0 Å². The number of rotatable bonds is 2. The Morgan fingerprint density at radius 2 is 1.90 bits per heavy atom. The van der Waals surface area contributed by atoms with E-state index >= 15 is 0 Å². The summed E-state index contributed by atoms with van der Waals surface area (Å²) in [6, 6.07) is 0.207. The first-order chi connectivity index (χ1) is 4.84. The average molecular weight is 145 g/mol. The highest BCUT2D eigenvalue weighted by Gasteiger charge is 2.18. The van der Waals surface area contributed by atoms with Crippen LogP contribution in [0, 0.1) is 5.21 Å². The van der Waals surface area contributed by atoms with Gasteiger partial charge in [0.05, 0.1) is 7.11 Å². The molecule has 0 saturated heterocycles. The molecule has 0 radical (unpaired) electrons. The normalized spacial score (nSPS) is 24.6. The van der Waals surface area contributed by atoms with E-state index in [1.807, 2.05) is 0 Å². The second-order valence-electron chi connectivity index (χ2n) is 2.86. The van der Waals surface area contributed by atoms with Crippen LogP contribution in [0.25, 0.3) is 0 Å². The minimum absolute atomic E-state index is 0.0142. The molecule has 1 fully saturated rings. The van der Waals surface area contributed by atoms with E-state index in [1.54, 1.807) is 0 Å². The first-order valence-corrected chi connectivity index (χ1v) is 3.92. The van der Waals surface area contributed by atoms with Gasteiger partial charge in [-0.1, -0.05) is 6.42 Å². The number of quaternary nitrogens is 1. The van der Waals surface area contributed by atoms with Crippen LogP contribution in [0.4, 0.5) is 0 Å². The Hall–Kier alpha value is -0.120. The van der Waals surface area contributed by atoms with E-state index in [-0.39, 0.29) is 11.3 Å². The van der Waals surface area contributed by atoms with Gasteiger partial charge in [0.15, 0.2) is 0 Å². The van der Waals surface area contributed by atoms with Crippen molar-refractivity contribution in [3.8, 4) is 0 Å². The van der Waals surface area contributed by atoms with Crippen LogP contribution in [0.5, 0.6) is 0 Å². The molecule has 1 aliphatic carbocycles. The molecule has 10 heavy (non-hydrogen) atoms. The smallest absolute Gasteiger partial charge is 0.117 e. The van der Waals surface area contributed by atoms with E-state index in [0.717, 1.165) is 12.8 Å². The molecule has 1 N–H and O–H groups in total. The maximum Gasteiger partial charge on any atom is 0.117 e. The van der Waals surface area contributed by atoms with E-state index < -0.39 is 0 Å². The number of hydroxylamine groups is 2. The van der Waals surface area contributed by atoms with Gasteiger partial charge < -0.3 is 5.21 Å². The Bertz CT molecular complexity index is 91.6. The summed E-state index contributed by atoms with van der Waals surface area (Å²) >= 11 is 0. The first-order valence-electron chi connectivity index (χ1n) is 3.92. The minimum atomic E-state index is -0.0142. The Kier molecular flexibility index (Phi) is 3.12. The average Bonchev–Trinajstić information content (AvgIpc) is 2.05. The van der Waals surface area contributed by atoms with Crippen molar-refractivity contribution in [3.05, 3.63) is 5.21 Å². The summed E-state index contributed by atoms with van der Waals surface area (Å²) in [7, 11) is 1.47. The first kappa shape index (κ1) is 7.98. The molecular formula is C7H15NO2. The molecule has 0 bridgehead atoms. The zero-order chi connectivity index (χ0) is 7.40. The molecule has 0 amide bonds. The summed E-state index contributed by atoms with van der Waals surface area (Å²) in [4.78, 5) is 4.65. The number of hydrogen-bond acceptors (Lipinski definition) is 2. The van der Waals surface area contributed by atoms with Crippen molar-refractivity contribution < 1.29 is 10.1 Å². The van der Waals surface area contributed by atoms with Gasteiger partial charge in [-0.15, -0.1) is 0 Å². The molecule has 1 aliphatic rings. The molecule has 0 aromatic carbocycles. The molecule has 0 heterocycles. The second-order valence-corrected chi connectivity index (χ2v) is 2.86. The maximum atomic E-state index is 10.9. The lowest BCUT2D eigenvalue weighted by atomic mass is 9.96. The van der Waals surface area contributed by atoms with Crippen LogP contribution >= 0.6 is 0 Å². The summed E-state index contributed by atoms with van der Waals surface area (Å²) < 4.78 is 0. The highest BCUT2D eigenvalue weighted by atomic mass is 16.9. The second kappa shape index (κ2) is 3.91. The molecule has 0 aromatic rings. The molecule has 1 rings (SSSR count). The molecule has 1 atom stereocenters. The van der Waals surface area contributed by atoms with Gasteiger partial charge in [-0.2, -0.15) is 0 Å². The van der Waals surface area contributed by atoms with Crippen LogP contribution in [-0.2, 0) is 4.84 Å². The Labute approximate surface area is 61.5 Å². The zero-order valence-electron chi connectivity index (χ0n) is 6.43. The van der Waals surface area contributed by atoms with Crippen LogP contribution in [0.3, 0.4) is 0 Å². The van der Waals surface area contributed by atoms with E-state index in [4.69, 9.17) is 0 Å². The lowest BCUT2D eigenvalue weighted by Crippen LogP contribution is -3.10. The number of hydrogen-bond donors (Lipinski definition) is 1. The van der Waals surface area contributed by atoms with Crippen molar-refractivity contribution in [1.29, 1.82) is 0 Å². The summed E-state index contributed by atoms with van der Waals surface area (Å²) in [6.07, 6.45) is 5.74. The highest BCUT2D eigenvalue weighted by molar-refractivity contribution is 4.62. The lowest BCUT2D eigenvalue weighted by Gasteiger charge is -2.29. The summed E-state index contributed by atoms with van der Waals surface area (Å²) in [5.74, 6) is 0. The van der Waals surface area contributed by atoms with Crippen molar-refractivity contribution in [2.24, 2.45) is 0 Å². The van der Waals surface area contributed by atoms with Crippen molar-refractivity contribution >= 4 is 0 Å². The van der Waals surface area contributed by atoms with E-state index in [1.165, 1.54) is 26.4 Å². The topological polar surface area (TPSA) is 36.7 Å². The fourth-order valence-corrected chi connectivity index (χ4v) is 1.50. The number of nitrogens with one attached hydrogen (secondary N) is 1. The molecule has 1 unspecified atom stereocenters. The van der Waals surface area contributed by atoms with Crippen LogP contribution in [-0.4, -0.2) is 13.2 Å². The minimum Gasteiger partial charge on any atom is -0.600 e. The Morgan fingerprint density at radius 1 is 1.30 bits per heavy atom. The van der Waals surface area contributed by atoms with Crippen molar-refractivity contribution in [1.82, 2.24) is 0 Å². The largest absolute Gasteiger partial charge is 0.600 e. The standard InChI is InChI=1S/C7H15NO2/c1-10-8(9)7-5-3-2-4-6-7/h7-8H,2-6H2,1H3. The van der Waals surface area contributed by atoms with Gasteiger partial charge in [-0.05, 0) is 12.8 Å². The van der Waals surface area contributed by atoms with E-state index in [0.29, 0.717) is 0 Å². The molecule has 3 heteroatoms. The SMILES string of the molecule is CO[NH+]([O-])C1CCCCC1. The van der Waals surface area contributed by atoms with Crippen LogP contribution in [0.15, 0.2) is 0 Å². The third-order valence-corrected chi connectivity index (χ3v) is 2.14. The van der Waals surface area contributed by atoms with Gasteiger partial charge in [0, 0.05) is 12.8 Å². The van der Waals surface area contributed by atoms with Crippen LogP contribution in [0.1, 0.15) is 32.1 Å². The molecule has 0 spiro atoms. The molecule has 0 aromatic heterocycles. The fourth-order valence-electron chi connectivity index (χ4n) is 1.50. The highest BCUT2D eigenvalue weighted by Crippen LogP contribution is 2.14. The molecule has 3 nitrogen and oxygen atoms in total. The van der Waals surface area contributed by atoms with Gasteiger partial charge in [0.25, 0.3) is 0 Å². The monoisotopic (exact) mass is 145 g/mol. The molecule has 0 aliphatic heterocycles. The summed E-state index contributed by atoms with van der Waals surface area (Å²) in [5, 5.41) is 10.9. The predicted molar refractivity (Wildman–Crippen MR) is 38.2 cm³/mol. The van der Waals surface area contributed by atoms with Crippen molar-refractivity contribution in [3.63, 3.8) is 0 Å². The quantitative estimate of drug-likeness (QED) is 0.566. The van der Waals surface area contributed by atoms with Gasteiger partial charge in [0.2, 0.25) is 0 Å². The molecule has 1 saturated carbocycles. The van der Waals surface area contributed by atoms with Crippen molar-refractivity contribution in [2.45, 2.75) is 38.1 Å². The third-order valence-electron chi connectivity index (χ3n) is 2.14. The zero-order valence-corrected chi connectivity index (χ0v) is 6.43. The third kappa shape index (κ3) is 1.94. The molecular weight excluding hydrogens is 130 g/mol. The van der Waals surface area contributed by atoms with Gasteiger partial charge in [-0.3, -0.25) is 0 Å². The lowest BCUT2D eigenvalue weighted by molar-refractivity contribution is -1.07. The summed E-state index contributed by atoms with van der Waals surface area (Å²) in [6.45, 7) is 0. The Morgan fingerprint density at radius 3 is 2.40 bits per heavy atom. The maximum absolute atomic E-state index is 10.9.